The zero-order chi connectivity index (χ0) is 21.3. The Balaban J connectivity index is 1.97. The Morgan fingerprint density at radius 2 is 2.24 bits per heavy atom. The Kier molecular flexibility index (Phi) is 5.44. The van der Waals surface area contributed by atoms with E-state index in [1.54, 1.807) is 6.07 Å². The molecule has 1 aromatic carbocycles. The highest BCUT2D eigenvalue weighted by Crippen LogP contribution is 2.28. The number of nitrogens with one attached hydrogen (secondary N) is 2. The molecule has 29 heavy (non-hydrogen) atoms. The first-order valence-corrected chi connectivity index (χ1v) is 10.0. The van der Waals surface area contributed by atoms with Crippen LogP contribution in [0.1, 0.15) is 28.0 Å². The number of fused-ring (bicyclic) bond motifs is 1. The van der Waals surface area contributed by atoms with Crippen molar-refractivity contribution in [2.24, 2.45) is 7.05 Å². The molecule has 0 saturated carbocycles. The summed E-state index contributed by atoms with van der Waals surface area (Å²) in [7, 11) is -2.48. The van der Waals surface area contributed by atoms with Gasteiger partial charge in [-0.25, -0.2) is 17.5 Å². The molecule has 3 N–H and O–H groups in total. The van der Waals surface area contributed by atoms with E-state index in [1.165, 1.54) is 29.9 Å². The third-order valence-corrected chi connectivity index (χ3v) is 6.20. The van der Waals surface area contributed by atoms with Gasteiger partial charge < -0.3 is 15.0 Å². The van der Waals surface area contributed by atoms with Crippen molar-refractivity contribution in [1.82, 2.24) is 9.29 Å². The van der Waals surface area contributed by atoms with Gasteiger partial charge in [0.1, 0.15) is 28.6 Å². The lowest BCUT2D eigenvalue weighted by atomic mass is 10.0. The number of sulfonamides is 1. The first-order valence-electron chi connectivity index (χ1n) is 8.53. The van der Waals surface area contributed by atoms with Gasteiger partial charge in [-0.15, -0.1) is 6.42 Å². The summed E-state index contributed by atoms with van der Waals surface area (Å²) in [6.45, 7) is 0. The van der Waals surface area contributed by atoms with E-state index in [2.05, 4.69) is 16.0 Å². The van der Waals surface area contributed by atoms with Gasteiger partial charge in [0, 0.05) is 24.5 Å². The van der Waals surface area contributed by atoms with Crippen LogP contribution in [0.3, 0.4) is 0 Å². The molecule has 0 saturated heterocycles. The number of nitriles is 1. The van der Waals surface area contributed by atoms with Crippen LogP contribution in [0.5, 0.6) is 0 Å². The lowest BCUT2D eigenvalue weighted by Crippen LogP contribution is -2.41. The number of halogens is 1. The summed E-state index contributed by atoms with van der Waals surface area (Å²) in [5, 5.41) is 21.3. The van der Waals surface area contributed by atoms with E-state index in [0.29, 0.717) is 0 Å². The van der Waals surface area contributed by atoms with Crippen LogP contribution < -0.4 is 10.0 Å². The van der Waals surface area contributed by atoms with Gasteiger partial charge in [-0.3, -0.25) is 4.79 Å². The molecule has 2 atom stereocenters. The van der Waals surface area contributed by atoms with Crippen molar-refractivity contribution in [3.63, 3.8) is 0 Å². The van der Waals surface area contributed by atoms with Crippen molar-refractivity contribution in [2.75, 3.05) is 5.32 Å². The number of carbonyl (C=O) groups is 1. The maximum Gasteiger partial charge on any atom is 0.272 e. The van der Waals surface area contributed by atoms with Gasteiger partial charge in [0.05, 0.1) is 11.6 Å². The molecule has 8 nitrogen and oxygen atoms in total. The third kappa shape index (κ3) is 3.87. The fourth-order valence-electron chi connectivity index (χ4n) is 3.26. The molecule has 1 aromatic heterocycles. The lowest BCUT2D eigenvalue weighted by molar-refractivity contribution is 0.101. The van der Waals surface area contributed by atoms with Gasteiger partial charge in [-0.2, -0.15) is 5.26 Å². The number of benzene rings is 1. The number of aryl methyl sites for hydroxylation is 1. The number of amides is 1. The van der Waals surface area contributed by atoms with Crippen LogP contribution in [0.15, 0.2) is 29.3 Å². The standard InChI is InChI=1S/C19H17FN4O4S/c1-3-16(25)15-7-5-13-17(29(27,28)23-15)10-24(2)18(13)19(26)22-12-4-6-14(20)11(8-12)9-21/h1,4,6,8,10,15-16,23,25H,5,7H2,2H3,(H,22,26)/t15-,16+/m1/s1. The molecular formula is C19H17FN4O4S. The zero-order valence-electron chi connectivity index (χ0n) is 15.3. The Bertz CT molecular complexity index is 1170. The SMILES string of the molecule is C#C[C@H](O)[C@H]1CCc2c(cn(C)c2C(=O)Nc2ccc(F)c(C#N)c2)S(=O)(=O)N1. The molecule has 0 radical (unpaired) electrons. The Morgan fingerprint density at radius 3 is 2.90 bits per heavy atom. The second-order valence-electron chi connectivity index (χ2n) is 6.57. The maximum atomic E-state index is 13.5. The van der Waals surface area contributed by atoms with Crippen molar-refractivity contribution >= 4 is 21.6 Å². The van der Waals surface area contributed by atoms with Crippen molar-refractivity contribution in [2.45, 2.75) is 29.9 Å². The Morgan fingerprint density at radius 1 is 1.52 bits per heavy atom. The van der Waals surface area contributed by atoms with Gasteiger partial charge in [0.2, 0.25) is 10.0 Å². The molecule has 10 heteroatoms. The van der Waals surface area contributed by atoms with Crippen molar-refractivity contribution in [3.05, 3.63) is 47.0 Å². The normalized spacial score (nSPS) is 18.6. The largest absolute Gasteiger partial charge is 0.379 e. The van der Waals surface area contributed by atoms with E-state index in [9.17, 15) is 22.7 Å². The molecule has 0 fully saturated rings. The van der Waals surface area contributed by atoms with E-state index in [-0.39, 0.29) is 40.2 Å². The third-order valence-electron chi connectivity index (χ3n) is 4.66. The van der Waals surface area contributed by atoms with Gasteiger partial charge >= 0.3 is 0 Å². The van der Waals surface area contributed by atoms with Crippen LogP contribution >= 0.6 is 0 Å². The Labute approximate surface area is 167 Å². The molecule has 3 rings (SSSR count). The van der Waals surface area contributed by atoms with Crippen molar-refractivity contribution in [3.8, 4) is 18.4 Å². The number of anilines is 1. The van der Waals surface area contributed by atoms with E-state index in [0.717, 1.165) is 6.07 Å². The quantitative estimate of drug-likeness (QED) is 0.641. The molecule has 1 aliphatic heterocycles. The van der Waals surface area contributed by atoms with Gasteiger partial charge in [0.25, 0.3) is 5.91 Å². The highest BCUT2D eigenvalue weighted by molar-refractivity contribution is 7.89. The van der Waals surface area contributed by atoms with Crippen LogP contribution in [0.4, 0.5) is 10.1 Å². The van der Waals surface area contributed by atoms with E-state index >= 15 is 0 Å². The second kappa shape index (κ2) is 7.68. The Hall–Kier alpha value is -3.18. The molecule has 1 aliphatic rings. The van der Waals surface area contributed by atoms with E-state index in [4.69, 9.17) is 11.7 Å². The highest BCUT2D eigenvalue weighted by Gasteiger charge is 2.34. The van der Waals surface area contributed by atoms with Crippen LogP contribution in [0, 0.1) is 29.5 Å². The lowest BCUT2D eigenvalue weighted by Gasteiger charge is -2.17. The summed E-state index contributed by atoms with van der Waals surface area (Å²) >= 11 is 0. The fraction of sp³-hybridized carbons (Fsp3) is 0.263. The molecule has 0 spiro atoms. The second-order valence-corrected chi connectivity index (χ2v) is 8.25. The number of hydrogen-bond donors (Lipinski definition) is 3. The molecular weight excluding hydrogens is 399 g/mol. The zero-order valence-corrected chi connectivity index (χ0v) is 16.1. The summed E-state index contributed by atoms with van der Waals surface area (Å²) in [6.07, 6.45) is 5.57. The monoisotopic (exact) mass is 416 g/mol. The minimum absolute atomic E-state index is 0.0753. The number of terminal acetylenes is 1. The predicted octanol–water partition coefficient (Wildman–Crippen LogP) is 0.875. The molecule has 0 aliphatic carbocycles. The average molecular weight is 416 g/mol. The minimum atomic E-state index is -4.01. The average Bonchev–Trinajstić information content (AvgIpc) is 2.96. The summed E-state index contributed by atoms with van der Waals surface area (Å²) in [6, 6.07) is 4.35. The summed E-state index contributed by atoms with van der Waals surface area (Å²) in [5.74, 6) is 0.773. The number of nitrogens with zero attached hydrogens (tertiary/aromatic N) is 2. The van der Waals surface area contributed by atoms with Crippen LogP contribution in [0.2, 0.25) is 0 Å². The molecule has 0 unspecified atom stereocenters. The summed E-state index contributed by atoms with van der Waals surface area (Å²) in [5.41, 5.74) is 0.348. The van der Waals surface area contributed by atoms with Gasteiger partial charge in [-0.1, -0.05) is 5.92 Å². The van der Waals surface area contributed by atoms with Gasteiger partial charge in [-0.05, 0) is 31.0 Å². The van der Waals surface area contributed by atoms with Crippen LogP contribution in [0.25, 0.3) is 0 Å². The smallest absolute Gasteiger partial charge is 0.272 e. The summed E-state index contributed by atoms with van der Waals surface area (Å²) in [4.78, 5) is 12.8. The molecule has 2 heterocycles. The van der Waals surface area contributed by atoms with Crippen LogP contribution in [-0.4, -0.2) is 36.1 Å². The van der Waals surface area contributed by atoms with Crippen molar-refractivity contribution in [1.29, 1.82) is 5.26 Å². The van der Waals surface area contributed by atoms with Crippen LogP contribution in [-0.2, 0) is 23.5 Å². The number of carbonyl (C=O) groups excluding carboxylic acids is 1. The van der Waals surface area contributed by atoms with E-state index in [1.807, 2.05) is 0 Å². The molecule has 2 aromatic rings. The molecule has 1 amide bonds. The fourth-order valence-corrected chi connectivity index (χ4v) is 4.85. The molecule has 0 bridgehead atoms. The number of rotatable bonds is 3. The first kappa shape index (κ1) is 20.6. The number of aliphatic hydroxyl groups excluding tert-OH is 1. The van der Waals surface area contributed by atoms with Gasteiger partial charge in [0.15, 0.2) is 0 Å². The predicted molar refractivity (Wildman–Crippen MR) is 102 cm³/mol. The maximum absolute atomic E-state index is 13.5. The number of aliphatic hydroxyl groups is 1. The van der Waals surface area contributed by atoms with E-state index < -0.39 is 33.9 Å². The topological polar surface area (TPSA) is 124 Å². The number of hydrogen-bond acceptors (Lipinski definition) is 5. The highest BCUT2D eigenvalue weighted by atomic mass is 32.2. The van der Waals surface area contributed by atoms with Crippen molar-refractivity contribution < 1.29 is 22.7 Å². The first-order chi connectivity index (χ1) is 13.7. The summed E-state index contributed by atoms with van der Waals surface area (Å²) < 4.78 is 42.6. The number of aromatic nitrogens is 1. The minimum Gasteiger partial charge on any atom is -0.379 e. The molecule has 150 valence electrons.